The van der Waals surface area contributed by atoms with Crippen molar-refractivity contribution in [3.8, 4) is 0 Å². The summed E-state index contributed by atoms with van der Waals surface area (Å²) in [5.74, 6) is 0. The summed E-state index contributed by atoms with van der Waals surface area (Å²) in [5, 5.41) is 9.00. The molecule has 2 heterocycles. The van der Waals surface area contributed by atoms with Crippen LogP contribution in [0.25, 0.3) is 5.65 Å². The first-order chi connectivity index (χ1) is 8.35. The molecule has 0 aliphatic heterocycles. The van der Waals surface area contributed by atoms with E-state index in [-0.39, 0.29) is 6.61 Å². The van der Waals surface area contributed by atoms with Gasteiger partial charge in [0.15, 0.2) is 5.65 Å². The molecule has 2 aromatic heterocycles. The molecule has 0 saturated carbocycles. The van der Waals surface area contributed by atoms with Gasteiger partial charge in [-0.05, 0) is 0 Å². The Bertz CT molecular complexity index is 494. The van der Waals surface area contributed by atoms with E-state index in [4.69, 9.17) is 5.11 Å². The number of hydrogen-bond acceptors (Lipinski definition) is 4. The predicted molar refractivity (Wildman–Crippen MR) is 65.5 cm³/mol. The van der Waals surface area contributed by atoms with Crippen LogP contribution in [0.2, 0.25) is 0 Å². The van der Waals surface area contributed by atoms with Gasteiger partial charge in [0.25, 0.3) is 0 Å². The highest BCUT2D eigenvalue weighted by molar-refractivity contribution is 5.36. The van der Waals surface area contributed by atoms with E-state index in [1.807, 2.05) is 22.9 Å². The van der Waals surface area contributed by atoms with Crippen molar-refractivity contribution in [3.05, 3.63) is 43.1 Å². The SMILES string of the molecule is C=CCN(CCO)Cc1cnc2cnccn12. The van der Waals surface area contributed by atoms with E-state index < -0.39 is 0 Å². The van der Waals surface area contributed by atoms with Gasteiger partial charge in [-0.3, -0.25) is 14.3 Å². The van der Waals surface area contributed by atoms with Crippen LogP contribution in [0.5, 0.6) is 0 Å². The summed E-state index contributed by atoms with van der Waals surface area (Å²) in [4.78, 5) is 10.4. The summed E-state index contributed by atoms with van der Waals surface area (Å²) in [6, 6.07) is 0. The van der Waals surface area contributed by atoms with Crippen molar-refractivity contribution in [2.45, 2.75) is 6.54 Å². The zero-order valence-electron chi connectivity index (χ0n) is 9.66. The van der Waals surface area contributed by atoms with Crippen molar-refractivity contribution >= 4 is 5.65 Å². The second-order valence-corrected chi connectivity index (χ2v) is 3.80. The molecule has 2 aromatic rings. The minimum absolute atomic E-state index is 0.145. The van der Waals surface area contributed by atoms with Crippen molar-refractivity contribution < 1.29 is 5.11 Å². The van der Waals surface area contributed by atoms with Crippen molar-refractivity contribution in [3.63, 3.8) is 0 Å². The molecule has 0 atom stereocenters. The number of aliphatic hydroxyl groups is 1. The van der Waals surface area contributed by atoms with E-state index in [2.05, 4.69) is 21.4 Å². The topological polar surface area (TPSA) is 53.7 Å². The third-order valence-corrected chi connectivity index (χ3v) is 2.58. The lowest BCUT2D eigenvalue weighted by Gasteiger charge is -2.18. The van der Waals surface area contributed by atoms with E-state index in [0.717, 1.165) is 24.4 Å². The fourth-order valence-corrected chi connectivity index (χ4v) is 1.80. The van der Waals surface area contributed by atoms with Crippen LogP contribution in [-0.2, 0) is 6.54 Å². The zero-order chi connectivity index (χ0) is 12.1. The number of hydrogen-bond donors (Lipinski definition) is 1. The molecule has 5 nitrogen and oxygen atoms in total. The average Bonchev–Trinajstić information content (AvgIpc) is 2.74. The molecule has 0 aliphatic rings. The molecular formula is C12H16N4O. The maximum absolute atomic E-state index is 9.00. The summed E-state index contributed by atoms with van der Waals surface area (Å²) in [6.45, 7) is 5.98. The fraction of sp³-hybridized carbons (Fsp3) is 0.333. The highest BCUT2D eigenvalue weighted by Gasteiger charge is 2.08. The number of aliphatic hydroxyl groups excluding tert-OH is 1. The van der Waals surface area contributed by atoms with Gasteiger partial charge in [0.2, 0.25) is 0 Å². The summed E-state index contributed by atoms with van der Waals surface area (Å²) >= 11 is 0. The van der Waals surface area contributed by atoms with Gasteiger partial charge in [-0.1, -0.05) is 6.08 Å². The van der Waals surface area contributed by atoms with Gasteiger partial charge in [-0.25, -0.2) is 4.98 Å². The highest BCUT2D eigenvalue weighted by Crippen LogP contribution is 2.07. The van der Waals surface area contributed by atoms with E-state index in [0.29, 0.717) is 6.54 Å². The molecule has 2 rings (SSSR count). The molecule has 0 spiro atoms. The molecule has 0 aliphatic carbocycles. The van der Waals surface area contributed by atoms with Gasteiger partial charge in [0.1, 0.15) is 0 Å². The minimum atomic E-state index is 0.145. The lowest BCUT2D eigenvalue weighted by molar-refractivity contribution is 0.202. The van der Waals surface area contributed by atoms with Gasteiger partial charge in [-0.2, -0.15) is 0 Å². The summed E-state index contributed by atoms with van der Waals surface area (Å²) in [6.07, 6.45) is 9.03. The van der Waals surface area contributed by atoms with Gasteiger partial charge in [0, 0.05) is 32.0 Å². The normalized spacial score (nSPS) is 11.2. The first-order valence-corrected chi connectivity index (χ1v) is 5.55. The standard InChI is InChI=1S/C12H16N4O/c1-2-4-15(6-7-17)10-11-8-14-12-9-13-3-5-16(11)12/h2-3,5,8-9,17H,1,4,6-7,10H2. The Hall–Kier alpha value is -1.72. The van der Waals surface area contributed by atoms with Crippen molar-refractivity contribution in [2.75, 3.05) is 19.7 Å². The second-order valence-electron chi connectivity index (χ2n) is 3.80. The number of aromatic nitrogens is 3. The van der Waals surface area contributed by atoms with Crippen LogP contribution in [0.15, 0.2) is 37.4 Å². The summed E-state index contributed by atoms with van der Waals surface area (Å²) in [5.41, 5.74) is 1.92. The summed E-state index contributed by atoms with van der Waals surface area (Å²) in [7, 11) is 0. The van der Waals surface area contributed by atoms with E-state index in [1.165, 1.54) is 0 Å². The van der Waals surface area contributed by atoms with Crippen LogP contribution < -0.4 is 0 Å². The largest absolute Gasteiger partial charge is 0.395 e. The maximum Gasteiger partial charge on any atom is 0.155 e. The van der Waals surface area contributed by atoms with Gasteiger partial charge >= 0.3 is 0 Å². The van der Waals surface area contributed by atoms with Crippen LogP contribution in [0.3, 0.4) is 0 Å². The lowest BCUT2D eigenvalue weighted by atomic mass is 10.4. The molecule has 0 saturated heterocycles. The predicted octanol–water partition coefficient (Wildman–Crippen LogP) is 0.710. The number of fused-ring (bicyclic) bond motifs is 1. The quantitative estimate of drug-likeness (QED) is 0.745. The molecule has 1 N–H and O–H groups in total. The van der Waals surface area contributed by atoms with Crippen molar-refractivity contribution in [2.24, 2.45) is 0 Å². The Morgan fingerprint density at radius 3 is 3.12 bits per heavy atom. The first-order valence-electron chi connectivity index (χ1n) is 5.55. The molecule has 0 fully saturated rings. The van der Waals surface area contributed by atoms with Gasteiger partial charge in [0.05, 0.1) is 24.7 Å². The summed E-state index contributed by atoms with van der Waals surface area (Å²) < 4.78 is 2.00. The first kappa shape index (κ1) is 11.8. The van der Waals surface area contributed by atoms with Crippen LogP contribution in [0.4, 0.5) is 0 Å². The zero-order valence-corrected chi connectivity index (χ0v) is 9.66. The molecular weight excluding hydrogens is 216 g/mol. The maximum atomic E-state index is 9.00. The molecule has 0 amide bonds. The molecule has 5 heteroatoms. The molecule has 0 bridgehead atoms. The molecule has 0 radical (unpaired) electrons. The Kier molecular flexibility index (Phi) is 3.85. The second kappa shape index (κ2) is 5.56. The molecule has 0 aromatic carbocycles. The van der Waals surface area contributed by atoms with Gasteiger partial charge < -0.3 is 5.11 Å². The molecule has 90 valence electrons. The van der Waals surface area contributed by atoms with Gasteiger partial charge in [-0.15, -0.1) is 6.58 Å². The lowest BCUT2D eigenvalue weighted by Crippen LogP contribution is -2.27. The van der Waals surface area contributed by atoms with E-state index >= 15 is 0 Å². The third-order valence-electron chi connectivity index (χ3n) is 2.58. The number of rotatable bonds is 6. The number of nitrogens with zero attached hydrogens (tertiary/aromatic N) is 4. The van der Waals surface area contributed by atoms with Crippen LogP contribution in [0.1, 0.15) is 5.69 Å². The Morgan fingerprint density at radius 2 is 2.35 bits per heavy atom. The fourth-order valence-electron chi connectivity index (χ4n) is 1.80. The van der Waals surface area contributed by atoms with Crippen LogP contribution in [0, 0.1) is 0 Å². The molecule has 17 heavy (non-hydrogen) atoms. The van der Waals surface area contributed by atoms with E-state index in [9.17, 15) is 0 Å². The third kappa shape index (κ3) is 2.69. The van der Waals surface area contributed by atoms with Crippen LogP contribution in [-0.4, -0.2) is 44.1 Å². The van der Waals surface area contributed by atoms with Crippen LogP contribution >= 0.6 is 0 Å². The van der Waals surface area contributed by atoms with E-state index in [1.54, 1.807) is 12.4 Å². The Balaban J connectivity index is 2.18. The Morgan fingerprint density at radius 1 is 1.47 bits per heavy atom. The average molecular weight is 232 g/mol. The Labute approximate surface area is 100 Å². The molecule has 0 unspecified atom stereocenters. The monoisotopic (exact) mass is 232 g/mol. The van der Waals surface area contributed by atoms with Crippen molar-refractivity contribution in [1.82, 2.24) is 19.3 Å². The minimum Gasteiger partial charge on any atom is -0.395 e. The van der Waals surface area contributed by atoms with Crippen molar-refractivity contribution in [1.29, 1.82) is 0 Å². The number of imidazole rings is 1. The smallest absolute Gasteiger partial charge is 0.155 e. The highest BCUT2D eigenvalue weighted by atomic mass is 16.3.